The Labute approximate surface area is 193 Å². The first-order chi connectivity index (χ1) is 15.8. The van der Waals surface area contributed by atoms with E-state index in [0.29, 0.717) is 45.3 Å². The van der Waals surface area contributed by atoms with Gasteiger partial charge in [-0.3, -0.25) is 4.90 Å². The number of para-hydroxylation sites is 4. The van der Waals surface area contributed by atoms with Crippen LogP contribution in [0.15, 0.2) is 72.8 Å². The van der Waals surface area contributed by atoms with E-state index in [2.05, 4.69) is 0 Å². The Morgan fingerprint density at radius 3 is 1.64 bits per heavy atom. The zero-order valence-corrected chi connectivity index (χ0v) is 19.1. The Bertz CT molecular complexity index is 1280. The summed E-state index contributed by atoms with van der Waals surface area (Å²) in [6, 6.07) is 22.0. The molecule has 0 aromatic heterocycles. The van der Waals surface area contributed by atoms with Gasteiger partial charge in [0.05, 0.1) is 17.1 Å². The maximum atomic E-state index is 10.9. The van der Waals surface area contributed by atoms with Crippen molar-refractivity contribution in [2.45, 2.75) is 27.7 Å². The first-order valence-corrected chi connectivity index (χ1v) is 10.7. The van der Waals surface area contributed by atoms with Gasteiger partial charge in [0.25, 0.3) is 0 Å². The molecule has 0 spiro atoms. The van der Waals surface area contributed by atoms with Crippen LogP contribution >= 0.6 is 0 Å². The zero-order valence-electron chi connectivity index (χ0n) is 19.1. The molecule has 0 radical (unpaired) electrons. The molecule has 0 amide bonds. The molecule has 33 heavy (non-hydrogen) atoms. The van der Waals surface area contributed by atoms with E-state index in [9.17, 15) is 15.3 Å². The highest BCUT2D eigenvalue weighted by Gasteiger charge is 2.24. The van der Waals surface area contributed by atoms with Crippen LogP contribution in [0, 0.1) is 27.7 Å². The topological polar surface area (TPSA) is 73.2 Å². The predicted molar refractivity (Wildman–Crippen MR) is 132 cm³/mol. The second-order valence-corrected chi connectivity index (χ2v) is 8.14. The van der Waals surface area contributed by atoms with E-state index in [4.69, 9.17) is 4.74 Å². The lowest BCUT2D eigenvalue weighted by Gasteiger charge is -2.29. The second-order valence-electron chi connectivity index (χ2n) is 8.14. The number of benzene rings is 4. The largest absolute Gasteiger partial charge is 0.507 e. The van der Waals surface area contributed by atoms with Gasteiger partial charge in [-0.1, -0.05) is 42.5 Å². The molecule has 0 unspecified atom stereocenters. The Hall–Kier alpha value is -4.12. The van der Waals surface area contributed by atoms with Crippen molar-refractivity contribution in [3.63, 3.8) is 0 Å². The van der Waals surface area contributed by atoms with Gasteiger partial charge in [-0.05, 0) is 74.7 Å². The molecule has 0 aliphatic heterocycles. The SMILES string of the molecule is Cc1cccc(N(c2ccccc2Oc2ccc(C)c(O)c2C)c2cccc(C)c2O)c1O. The van der Waals surface area contributed by atoms with Crippen LogP contribution in [0.5, 0.6) is 28.7 Å². The molecule has 0 heterocycles. The lowest BCUT2D eigenvalue weighted by Crippen LogP contribution is -2.12. The van der Waals surface area contributed by atoms with Crippen LogP contribution in [0.25, 0.3) is 0 Å². The predicted octanol–water partition coefficient (Wildman–Crippen LogP) is 7.30. The first kappa shape index (κ1) is 22.1. The Morgan fingerprint density at radius 1 is 0.515 bits per heavy atom. The number of hydrogen-bond acceptors (Lipinski definition) is 5. The quantitative estimate of drug-likeness (QED) is 0.303. The molecule has 3 N–H and O–H groups in total. The minimum Gasteiger partial charge on any atom is -0.507 e. The molecule has 0 aliphatic carbocycles. The number of aryl methyl sites for hydroxylation is 3. The van der Waals surface area contributed by atoms with Gasteiger partial charge in [0.15, 0.2) is 5.75 Å². The van der Waals surface area contributed by atoms with Crippen LogP contribution in [0.1, 0.15) is 22.3 Å². The van der Waals surface area contributed by atoms with E-state index < -0.39 is 0 Å². The van der Waals surface area contributed by atoms with Gasteiger partial charge in [-0.2, -0.15) is 0 Å². The van der Waals surface area contributed by atoms with Crippen LogP contribution in [0.2, 0.25) is 0 Å². The lowest BCUT2D eigenvalue weighted by molar-refractivity contribution is 0.445. The molecule has 5 heteroatoms. The molecule has 0 fully saturated rings. The smallest absolute Gasteiger partial charge is 0.151 e. The van der Waals surface area contributed by atoms with E-state index >= 15 is 0 Å². The third-order valence-electron chi connectivity index (χ3n) is 5.82. The maximum absolute atomic E-state index is 10.9. The van der Waals surface area contributed by atoms with Gasteiger partial charge >= 0.3 is 0 Å². The van der Waals surface area contributed by atoms with Gasteiger partial charge in [0.2, 0.25) is 0 Å². The van der Waals surface area contributed by atoms with Gasteiger partial charge in [-0.25, -0.2) is 0 Å². The second kappa shape index (κ2) is 8.79. The van der Waals surface area contributed by atoms with E-state index in [1.807, 2.05) is 75.4 Å². The molecule has 0 saturated carbocycles. The number of phenols is 3. The van der Waals surface area contributed by atoms with Crippen molar-refractivity contribution >= 4 is 17.1 Å². The summed E-state index contributed by atoms with van der Waals surface area (Å²) >= 11 is 0. The number of rotatable bonds is 5. The fraction of sp³-hybridized carbons (Fsp3) is 0.143. The number of anilines is 3. The van der Waals surface area contributed by atoms with Gasteiger partial charge < -0.3 is 20.1 Å². The highest BCUT2D eigenvalue weighted by atomic mass is 16.5. The summed E-state index contributed by atoms with van der Waals surface area (Å²) in [5, 5.41) is 32.3. The van der Waals surface area contributed by atoms with Crippen LogP contribution in [0.4, 0.5) is 17.1 Å². The summed E-state index contributed by atoms with van der Waals surface area (Å²) in [7, 11) is 0. The van der Waals surface area contributed by atoms with Gasteiger partial charge in [-0.15, -0.1) is 0 Å². The Balaban J connectivity index is 1.94. The fourth-order valence-electron chi connectivity index (χ4n) is 3.81. The summed E-state index contributed by atoms with van der Waals surface area (Å²) in [5.41, 5.74) is 4.46. The molecule has 0 saturated heterocycles. The highest BCUT2D eigenvalue weighted by molar-refractivity contribution is 5.86. The summed E-state index contributed by atoms with van der Waals surface area (Å²) < 4.78 is 6.28. The van der Waals surface area contributed by atoms with Crippen molar-refractivity contribution in [3.05, 3.63) is 95.1 Å². The van der Waals surface area contributed by atoms with Gasteiger partial charge in [0.1, 0.15) is 23.0 Å². The molecule has 4 aromatic rings. The maximum Gasteiger partial charge on any atom is 0.151 e. The minimum absolute atomic E-state index is 0.109. The summed E-state index contributed by atoms with van der Waals surface area (Å²) in [4.78, 5) is 1.78. The standard InChI is InChI=1S/C28H27NO4/c1-17-9-7-12-22(27(17)31)29(23-13-8-10-18(2)28(23)32)21-11-5-6-14-25(21)33-24-16-15-19(3)26(30)20(24)4/h5-16,30-32H,1-4H3. The van der Waals surface area contributed by atoms with Gasteiger partial charge in [0, 0.05) is 5.56 Å². The van der Waals surface area contributed by atoms with Crippen LogP contribution in [0.3, 0.4) is 0 Å². The van der Waals surface area contributed by atoms with Crippen molar-refractivity contribution in [2.24, 2.45) is 0 Å². The summed E-state index contributed by atoms with van der Waals surface area (Å²) in [5.74, 6) is 1.43. The molecule has 4 aromatic carbocycles. The van der Waals surface area contributed by atoms with Crippen LogP contribution in [-0.4, -0.2) is 15.3 Å². The molecule has 0 bridgehead atoms. The number of ether oxygens (including phenoxy) is 1. The first-order valence-electron chi connectivity index (χ1n) is 10.7. The monoisotopic (exact) mass is 441 g/mol. The number of hydrogen-bond donors (Lipinski definition) is 3. The molecule has 168 valence electrons. The van der Waals surface area contributed by atoms with Crippen molar-refractivity contribution < 1.29 is 20.1 Å². The van der Waals surface area contributed by atoms with Crippen molar-refractivity contribution in [1.29, 1.82) is 0 Å². The molecular weight excluding hydrogens is 414 g/mol. The number of phenolic OH excluding ortho intramolecular Hbond substituents is 3. The molecule has 4 rings (SSSR count). The summed E-state index contributed by atoms with van der Waals surface area (Å²) in [6.07, 6.45) is 0. The fourth-order valence-corrected chi connectivity index (χ4v) is 3.81. The molecule has 0 aliphatic rings. The van der Waals surface area contributed by atoms with E-state index in [0.717, 1.165) is 5.56 Å². The normalized spacial score (nSPS) is 10.8. The molecular formula is C28H27NO4. The van der Waals surface area contributed by atoms with E-state index in [-0.39, 0.29) is 17.2 Å². The highest BCUT2D eigenvalue weighted by Crippen LogP contribution is 2.48. The Kier molecular flexibility index (Phi) is 5.88. The van der Waals surface area contributed by atoms with E-state index in [1.165, 1.54) is 0 Å². The average Bonchev–Trinajstić information content (AvgIpc) is 2.81. The third kappa shape index (κ3) is 4.05. The average molecular weight is 442 g/mol. The zero-order chi connectivity index (χ0) is 23.7. The third-order valence-corrected chi connectivity index (χ3v) is 5.82. The van der Waals surface area contributed by atoms with Crippen molar-refractivity contribution in [1.82, 2.24) is 0 Å². The van der Waals surface area contributed by atoms with Crippen LogP contribution < -0.4 is 9.64 Å². The minimum atomic E-state index is 0.109. The molecule has 0 atom stereocenters. The van der Waals surface area contributed by atoms with Crippen molar-refractivity contribution in [3.8, 4) is 28.7 Å². The number of nitrogens with zero attached hydrogens (tertiary/aromatic N) is 1. The lowest BCUT2D eigenvalue weighted by atomic mass is 10.1. The Morgan fingerprint density at radius 2 is 1.03 bits per heavy atom. The van der Waals surface area contributed by atoms with E-state index in [1.54, 1.807) is 30.0 Å². The summed E-state index contributed by atoms with van der Waals surface area (Å²) in [6.45, 7) is 7.29. The van der Waals surface area contributed by atoms with Crippen molar-refractivity contribution in [2.75, 3.05) is 4.90 Å². The number of aromatic hydroxyl groups is 3. The molecule has 5 nitrogen and oxygen atoms in total. The van der Waals surface area contributed by atoms with Crippen LogP contribution in [-0.2, 0) is 0 Å².